The first-order chi connectivity index (χ1) is 14.5. The van der Waals surface area contributed by atoms with Gasteiger partial charge in [-0.1, -0.05) is 18.2 Å². The lowest BCUT2D eigenvalue weighted by molar-refractivity contribution is -0.384. The van der Waals surface area contributed by atoms with Gasteiger partial charge in [0.2, 0.25) is 11.7 Å². The van der Waals surface area contributed by atoms with Crippen molar-refractivity contribution in [1.29, 1.82) is 0 Å². The molecule has 148 valence electrons. The average molecular weight is 404 g/mol. The third-order valence-electron chi connectivity index (χ3n) is 4.08. The molecule has 0 bridgehead atoms. The van der Waals surface area contributed by atoms with Crippen molar-refractivity contribution in [3.05, 3.63) is 99.6 Å². The van der Waals surface area contributed by atoms with Gasteiger partial charge in [0.1, 0.15) is 5.75 Å². The number of hydrogen-bond acceptors (Lipinski definition) is 8. The molecule has 3 aromatic rings. The fourth-order valence-electron chi connectivity index (χ4n) is 2.64. The van der Waals surface area contributed by atoms with E-state index in [2.05, 4.69) is 4.99 Å². The largest absolute Gasteiger partial charge is 0.457 e. The Morgan fingerprint density at radius 2 is 1.83 bits per heavy atom. The number of nitro benzene ring substituents is 1. The summed E-state index contributed by atoms with van der Waals surface area (Å²) in [4.78, 5) is 38.7. The summed E-state index contributed by atoms with van der Waals surface area (Å²) in [5.41, 5.74) is 0.740. The lowest BCUT2D eigenvalue weighted by Gasteiger charge is -2.06. The number of esters is 2. The summed E-state index contributed by atoms with van der Waals surface area (Å²) < 4.78 is 15.5. The Labute approximate surface area is 169 Å². The third-order valence-corrected chi connectivity index (χ3v) is 4.08. The molecule has 4 rings (SSSR count). The number of nitrogens with zero attached hydrogens (tertiary/aromatic N) is 2. The van der Waals surface area contributed by atoms with Crippen molar-refractivity contribution in [2.24, 2.45) is 4.99 Å². The number of nitro groups is 1. The van der Waals surface area contributed by atoms with E-state index in [9.17, 15) is 19.7 Å². The number of rotatable bonds is 5. The molecular formula is C21H12N2O7. The molecule has 0 saturated carbocycles. The molecular weight excluding hydrogens is 392 g/mol. The zero-order valence-electron chi connectivity index (χ0n) is 15.2. The normalized spacial score (nSPS) is 14.3. The van der Waals surface area contributed by atoms with E-state index in [1.54, 1.807) is 30.3 Å². The maximum Gasteiger partial charge on any atom is 0.379 e. The van der Waals surface area contributed by atoms with E-state index in [0.29, 0.717) is 11.1 Å². The predicted octanol–water partition coefficient (Wildman–Crippen LogP) is 3.75. The molecule has 0 radical (unpaired) electrons. The molecule has 0 saturated heterocycles. The van der Waals surface area contributed by atoms with Crippen molar-refractivity contribution in [3.63, 3.8) is 0 Å². The van der Waals surface area contributed by atoms with Gasteiger partial charge in [0.15, 0.2) is 5.70 Å². The number of aliphatic imine (C=N–C) groups is 1. The first kappa shape index (κ1) is 18.8. The smallest absolute Gasteiger partial charge is 0.379 e. The minimum absolute atomic E-state index is 0.00940. The Morgan fingerprint density at radius 3 is 2.53 bits per heavy atom. The molecule has 1 aliphatic rings. The van der Waals surface area contributed by atoms with Crippen LogP contribution in [-0.2, 0) is 9.53 Å². The summed E-state index contributed by atoms with van der Waals surface area (Å²) in [6.45, 7) is 0. The van der Waals surface area contributed by atoms with Gasteiger partial charge in [-0.2, -0.15) is 0 Å². The summed E-state index contributed by atoms with van der Waals surface area (Å²) >= 11 is 0. The monoisotopic (exact) mass is 404 g/mol. The molecule has 9 nitrogen and oxygen atoms in total. The highest BCUT2D eigenvalue weighted by atomic mass is 16.6. The molecule has 0 spiro atoms. The summed E-state index contributed by atoms with van der Waals surface area (Å²) in [7, 11) is 0. The van der Waals surface area contributed by atoms with Crippen LogP contribution in [0.4, 0.5) is 5.69 Å². The van der Waals surface area contributed by atoms with Crippen molar-refractivity contribution in [2.75, 3.05) is 0 Å². The lowest BCUT2D eigenvalue weighted by Crippen LogP contribution is -2.08. The van der Waals surface area contributed by atoms with Crippen LogP contribution in [0.15, 0.2) is 82.0 Å². The van der Waals surface area contributed by atoms with Crippen LogP contribution in [0.1, 0.15) is 21.7 Å². The number of para-hydroxylation sites is 1. The number of ether oxygens (including phenoxy) is 2. The molecule has 0 atom stereocenters. The Kier molecular flexibility index (Phi) is 4.92. The number of benzene rings is 2. The van der Waals surface area contributed by atoms with Crippen molar-refractivity contribution in [3.8, 4) is 5.75 Å². The molecule has 30 heavy (non-hydrogen) atoms. The van der Waals surface area contributed by atoms with Gasteiger partial charge in [0.25, 0.3) is 5.69 Å². The zero-order chi connectivity index (χ0) is 21.1. The molecule has 0 N–H and O–H groups in total. The quantitative estimate of drug-likeness (QED) is 0.209. The molecule has 0 aliphatic carbocycles. The topological polar surface area (TPSA) is 121 Å². The van der Waals surface area contributed by atoms with Crippen molar-refractivity contribution in [1.82, 2.24) is 0 Å². The van der Waals surface area contributed by atoms with Gasteiger partial charge in [-0.15, -0.1) is 0 Å². The zero-order valence-corrected chi connectivity index (χ0v) is 15.2. The predicted molar refractivity (Wildman–Crippen MR) is 104 cm³/mol. The molecule has 0 amide bonds. The molecule has 2 aromatic carbocycles. The van der Waals surface area contributed by atoms with Crippen LogP contribution in [-0.4, -0.2) is 22.8 Å². The second kappa shape index (κ2) is 7.84. The van der Waals surface area contributed by atoms with Gasteiger partial charge in [-0.3, -0.25) is 10.1 Å². The Balaban J connectivity index is 1.61. The Hall–Kier alpha value is -4.53. The van der Waals surface area contributed by atoms with Gasteiger partial charge in [-0.25, -0.2) is 14.6 Å². The van der Waals surface area contributed by atoms with E-state index in [0.717, 1.165) is 0 Å². The Morgan fingerprint density at radius 1 is 1.07 bits per heavy atom. The maximum absolute atomic E-state index is 12.2. The van der Waals surface area contributed by atoms with E-state index in [-0.39, 0.29) is 28.8 Å². The molecule has 1 aliphatic heterocycles. The van der Waals surface area contributed by atoms with Crippen LogP contribution in [0, 0.1) is 10.1 Å². The molecule has 2 heterocycles. The fraction of sp³-hybridized carbons (Fsp3) is 0. The van der Waals surface area contributed by atoms with Crippen LogP contribution in [0.3, 0.4) is 0 Å². The fourth-order valence-corrected chi connectivity index (χ4v) is 2.64. The van der Waals surface area contributed by atoms with Gasteiger partial charge < -0.3 is 13.9 Å². The van der Waals surface area contributed by atoms with Crippen LogP contribution in [0.2, 0.25) is 0 Å². The highest BCUT2D eigenvalue weighted by Crippen LogP contribution is 2.26. The van der Waals surface area contributed by atoms with Crippen molar-refractivity contribution < 1.29 is 28.4 Å². The minimum atomic E-state index is -0.699. The van der Waals surface area contributed by atoms with E-state index in [1.165, 1.54) is 42.7 Å². The van der Waals surface area contributed by atoms with Crippen LogP contribution in [0.5, 0.6) is 5.75 Å². The number of carbonyl (C=O) groups excluding carboxylic acids is 2. The summed E-state index contributed by atoms with van der Waals surface area (Å²) in [6, 6.07) is 15.1. The summed E-state index contributed by atoms with van der Waals surface area (Å²) in [5, 5.41) is 10.8. The van der Waals surface area contributed by atoms with E-state index in [1.807, 2.05) is 0 Å². The average Bonchev–Trinajstić information content (AvgIpc) is 3.40. The standard InChI is InChI=1S/C21H12N2O7/c24-20-16(22-19(30-20)13-7-9-15(10-8-13)23(26)27)12-14-4-1-2-5-17(14)29-21(25)18-6-3-11-28-18/h1-12H/b16-12+. The molecule has 0 unspecified atom stereocenters. The van der Waals surface area contributed by atoms with Crippen LogP contribution >= 0.6 is 0 Å². The van der Waals surface area contributed by atoms with E-state index in [4.69, 9.17) is 13.9 Å². The molecule has 0 fully saturated rings. The van der Waals surface area contributed by atoms with Crippen LogP contribution < -0.4 is 4.74 Å². The van der Waals surface area contributed by atoms with Gasteiger partial charge >= 0.3 is 11.9 Å². The molecule has 1 aromatic heterocycles. The highest BCUT2D eigenvalue weighted by Gasteiger charge is 2.25. The maximum atomic E-state index is 12.2. The van der Waals surface area contributed by atoms with Crippen molar-refractivity contribution >= 4 is 29.6 Å². The van der Waals surface area contributed by atoms with E-state index >= 15 is 0 Å². The number of hydrogen-bond donors (Lipinski definition) is 0. The summed E-state index contributed by atoms with van der Waals surface area (Å²) in [5.74, 6) is -1.12. The van der Waals surface area contributed by atoms with Crippen molar-refractivity contribution in [2.45, 2.75) is 0 Å². The summed E-state index contributed by atoms with van der Waals surface area (Å²) in [6.07, 6.45) is 2.78. The van der Waals surface area contributed by atoms with Gasteiger partial charge in [0, 0.05) is 23.3 Å². The number of cyclic esters (lactones) is 1. The third kappa shape index (κ3) is 3.85. The van der Waals surface area contributed by atoms with Crippen LogP contribution in [0.25, 0.3) is 6.08 Å². The van der Waals surface area contributed by atoms with Gasteiger partial charge in [0.05, 0.1) is 11.2 Å². The second-order valence-electron chi connectivity index (χ2n) is 6.04. The first-order valence-electron chi connectivity index (χ1n) is 8.63. The second-order valence-corrected chi connectivity index (χ2v) is 6.04. The number of carbonyl (C=O) groups is 2. The highest BCUT2D eigenvalue weighted by molar-refractivity contribution is 6.13. The Bertz CT molecular complexity index is 1190. The minimum Gasteiger partial charge on any atom is -0.457 e. The van der Waals surface area contributed by atoms with Gasteiger partial charge in [-0.05, 0) is 36.4 Å². The number of non-ortho nitro benzene ring substituents is 1. The van der Waals surface area contributed by atoms with E-state index < -0.39 is 16.9 Å². The lowest BCUT2D eigenvalue weighted by atomic mass is 10.1. The number of furan rings is 1. The first-order valence-corrected chi connectivity index (χ1v) is 8.63. The molecule has 9 heteroatoms. The SMILES string of the molecule is O=C1OC(c2ccc([N+](=O)[O-])cc2)=N/C1=C/c1ccccc1OC(=O)c1ccco1.